The van der Waals surface area contributed by atoms with Gasteiger partial charge in [-0.15, -0.1) is 0 Å². The molecular formula is C24H36O6. The summed E-state index contributed by atoms with van der Waals surface area (Å²) < 4.78 is 11.2. The molecular weight excluding hydrogens is 384 g/mol. The Morgan fingerprint density at radius 2 is 1.63 bits per heavy atom. The summed E-state index contributed by atoms with van der Waals surface area (Å²) in [4.78, 5) is 35.0. The topological polar surface area (TPSA) is 71.1 Å². The number of esters is 2. The van der Waals surface area contributed by atoms with Crippen molar-refractivity contribution in [1.82, 2.24) is 0 Å². The fourth-order valence-electron chi connectivity index (χ4n) is 7.92. The van der Waals surface area contributed by atoms with Crippen molar-refractivity contribution < 1.29 is 28.8 Å². The number of carbonyl (C=O) groups is 2. The lowest BCUT2D eigenvalue weighted by atomic mass is 9.67. The molecule has 0 heterocycles. The van der Waals surface area contributed by atoms with E-state index < -0.39 is 0 Å². The SMILES string of the molecule is CCC(=O)OC1CC2CC1C1C3CC(CC3C(=O)OCOOCC3CCCCC3)C21. The molecule has 5 fully saturated rings. The normalized spacial score (nSPS) is 41.8. The summed E-state index contributed by atoms with van der Waals surface area (Å²) in [7, 11) is 0. The average Bonchev–Trinajstić information content (AvgIpc) is 3.52. The van der Waals surface area contributed by atoms with Crippen LogP contribution in [0.25, 0.3) is 0 Å². The van der Waals surface area contributed by atoms with Crippen LogP contribution in [0.3, 0.4) is 0 Å². The molecule has 0 N–H and O–H groups in total. The largest absolute Gasteiger partial charge is 0.462 e. The van der Waals surface area contributed by atoms with Gasteiger partial charge in [-0.2, -0.15) is 4.89 Å². The Morgan fingerprint density at radius 3 is 2.43 bits per heavy atom. The zero-order valence-corrected chi connectivity index (χ0v) is 18.1. The molecule has 6 nitrogen and oxygen atoms in total. The second kappa shape index (κ2) is 8.78. The maximum atomic E-state index is 12.8. The van der Waals surface area contributed by atoms with Gasteiger partial charge >= 0.3 is 11.9 Å². The second-order valence-electron chi connectivity index (χ2n) is 10.4. The van der Waals surface area contributed by atoms with Crippen LogP contribution in [0.15, 0.2) is 0 Å². The average molecular weight is 421 g/mol. The summed E-state index contributed by atoms with van der Waals surface area (Å²) in [6.07, 6.45) is 11.1. The molecule has 5 saturated carbocycles. The van der Waals surface area contributed by atoms with E-state index >= 15 is 0 Å². The fourth-order valence-corrected chi connectivity index (χ4v) is 7.92. The number of fused-ring (bicyclic) bond motifs is 9. The van der Waals surface area contributed by atoms with Gasteiger partial charge in [0.2, 0.25) is 6.79 Å². The lowest BCUT2D eigenvalue weighted by Gasteiger charge is -2.40. The lowest BCUT2D eigenvalue weighted by molar-refractivity contribution is -0.337. The van der Waals surface area contributed by atoms with Crippen molar-refractivity contribution in [3.05, 3.63) is 0 Å². The molecule has 0 amide bonds. The number of rotatable bonds is 8. The molecule has 6 heteroatoms. The Morgan fingerprint density at radius 1 is 0.867 bits per heavy atom. The Hall–Kier alpha value is -1.14. The summed E-state index contributed by atoms with van der Waals surface area (Å²) in [5, 5.41) is 0. The molecule has 0 spiro atoms. The quantitative estimate of drug-likeness (QED) is 0.146. The van der Waals surface area contributed by atoms with Gasteiger partial charge in [0.25, 0.3) is 0 Å². The third-order valence-electron chi connectivity index (χ3n) is 8.99. The van der Waals surface area contributed by atoms with Crippen molar-refractivity contribution in [2.75, 3.05) is 13.4 Å². The molecule has 0 saturated heterocycles. The summed E-state index contributed by atoms with van der Waals surface area (Å²) in [5.74, 6) is 3.72. The standard InChI is InChI=1S/C24H36O6/c1-2-21(25)30-20-11-16-10-19(20)23-17-8-15(22(16)23)9-18(17)24(26)27-13-29-28-12-14-6-4-3-5-7-14/h14-20,22-23H,2-13H2,1H3. The highest BCUT2D eigenvalue weighted by molar-refractivity contribution is 5.73. The maximum Gasteiger partial charge on any atom is 0.311 e. The van der Waals surface area contributed by atoms with Crippen LogP contribution >= 0.6 is 0 Å². The second-order valence-corrected chi connectivity index (χ2v) is 10.4. The van der Waals surface area contributed by atoms with Crippen molar-refractivity contribution in [3.8, 4) is 0 Å². The maximum absolute atomic E-state index is 12.8. The van der Waals surface area contributed by atoms with E-state index in [4.69, 9.17) is 19.2 Å². The van der Waals surface area contributed by atoms with Crippen molar-refractivity contribution in [1.29, 1.82) is 0 Å². The first-order valence-electron chi connectivity index (χ1n) is 12.3. The van der Waals surface area contributed by atoms with E-state index in [2.05, 4.69) is 0 Å². The van der Waals surface area contributed by atoms with Crippen molar-refractivity contribution in [2.24, 2.45) is 47.3 Å². The van der Waals surface area contributed by atoms with Crippen molar-refractivity contribution >= 4 is 11.9 Å². The third kappa shape index (κ3) is 3.79. The summed E-state index contributed by atoms with van der Waals surface area (Å²) in [5.41, 5.74) is 0. The van der Waals surface area contributed by atoms with E-state index in [0.29, 0.717) is 48.5 Å². The molecule has 0 aromatic carbocycles. The van der Waals surface area contributed by atoms with Crippen LogP contribution in [0.1, 0.15) is 71.1 Å². The highest BCUT2D eigenvalue weighted by atomic mass is 17.2. The van der Waals surface area contributed by atoms with Crippen molar-refractivity contribution in [3.63, 3.8) is 0 Å². The zero-order chi connectivity index (χ0) is 20.7. The van der Waals surface area contributed by atoms with Gasteiger partial charge in [-0.25, -0.2) is 4.89 Å². The number of hydrogen-bond acceptors (Lipinski definition) is 6. The smallest absolute Gasteiger partial charge is 0.311 e. The van der Waals surface area contributed by atoms with E-state index in [9.17, 15) is 9.59 Å². The molecule has 30 heavy (non-hydrogen) atoms. The highest BCUT2D eigenvalue weighted by Crippen LogP contribution is 2.69. The van der Waals surface area contributed by atoms with Crippen LogP contribution in [0.2, 0.25) is 0 Å². The number of carbonyl (C=O) groups excluding carboxylic acids is 2. The zero-order valence-electron chi connectivity index (χ0n) is 18.1. The van der Waals surface area contributed by atoms with Crippen molar-refractivity contribution in [2.45, 2.75) is 77.2 Å². The summed E-state index contributed by atoms with van der Waals surface area (Å²) in [6.45, 7) is 2.33. The molecule has 0 aliphatic heterocycles. The summed E-state index contributed by atoms with van der Waals surface area (Å²) in [6, 6.07) is 0. The van der Waals surface area contributed by atoms with Gasteiger partial charge in [0.1, 0.15) is 6.10 Å². The Balaban J connectivity index is 1.09. The van der Waals surface area contributed by atoms with Gasteiger partial charge in [0.15, 0.2) is 0 Å². The molecule has 0 radical (unpaired) electrons. The monoisotopic (exact) mass is 420 g/mol. The van der Waals surface area contributed by atoms with Gasteiger partial charge in [-0.3, -0.25) is 9.59 Å². The van der Waals surface area contributed by atoms with Gasteiger partial charge in [-0.05, 0) is 80.0 Å². The minimum Gasteiger partial charge on any atom is -0.462 e. The number of ether oxygens (including phenoxy) is 2. The Bertz CT molecular complexity index is 644. The minimum atomic E-state index is -0.132. The molecule has 8 unspecified atom stereocenters. The van der Waals surface area contributed by atoms with Crippen LogP contribution in [-0.4, -0.2) is 31.4 Å². The lowest BCUT2D eigenvalue weighted by Crippen LogP contribution is -2.41. The van der Waals surface area contributed by atoms with E-state index in [1.54, 1.807) is 0 Å². The molecule has 168 valence electrons. The summed E-state index contributed by atoms with van der Waals surface area (Å²) >= 11 is 0. The van der Waals surface area contributed by atoms with Gasteiger partial charge < -0.3 is 9.47 Å². The Kier molecular flexibility index (Phi) is 6.07. The van der Waals surface area contributed by atoms with E-state index in [1.165, 1.54) is 38.5 Å². The van der Waals surface area contributed by atoms with Gasteiger partial charge in [0, 0.05) is 6.42 Å². The molecule has 5 aliphatic carbocycles. The molecule has 8 atom stereocenters. The van der Waals surface area contributed by atoms with Crippen LogP contribution in [0.5, 0.6) is 0 Å². The molecule has 0 aromatic rings. The van der Waals surface area contributed by atoms with Crippen LogP contribution in [0.4, 0.5) is 0 Å². The Labute approximate surface area is 179 Å². The highest BCUT2D eigenvalue weighted by Gasteiger charge is 2.66. The number of hydrogen-bond donors (Lipinski definition) is 0. The van der Waals surface area contributed by atoms with E-state index in [0.717, 1.165) is 25.2 Å². The minimum absolute atomic E-state index is 0.0277. The van der Waals surface area contributed by atoms with Crippen LogP contribution < -0.4 is 0 Å². The van der Waals surface area contributed by atoms with Crippen LogP contribution in [-0.2, 0) is 28.8 Å². The van der Waals surface area contributed by atoms with Gasteiger partial charge in [-0.1, -0.05) is 26.2 Å². The predicted molar refractivity (Wildman–Crippen MR) is 108 cm³/mol. The predicted octanol–water partition coefficient (Wildman–Crippen LogP) is 4.27. The fraction of sp³-hybridized carbons (Fsp3) is 0.917. The molecule has 5 aliphatic rings. The molecule has 0 aromatic heterocycles. The first-order chi connectivity index (χ1) is 14.7. The molecule has 4 bridgehead atoms. The first-order valence-corrected chi connectivity index (χ1v) is 12.3. The van der Waals surface area contributed by atoms with Crippen LogP contribution in [0, 0.1) is 47.3 Å². The third-order valence-corrected chi connectivity index (χ3v) is 8.99. The van der Waals surface area contributed by atoms with Gasteiger partial charge in [0.05, 0.1) is 12.5 Å². The van der Waals surface area contributed by atoms with E-state index in [-0.39, 0.29) is 30.8 Å². The first kappa shape index (κ1) is 20.7. The van der Waals surface area contributed by atoms with E-state index in [1.807, 2.05) is 6.92 Å². The molecule has 5 rings (SSSR count).